The molecule has 0 atom stereocenters. The summed E-state index contributed by atoms with van der Waals surface area (Å²) in [5.41, 5.74) is -0.672. The Hall–Kier alpha value is -3.07. The molecule has 0 unspecified atom stereocenters. The highest BCUT2D eigenvalue weighted by Crippen LogP contribution is 2.23. The van der Waals surface area contributed by atoms with Crippen molar-refractivity contribution in [1.29, 1.82) is 5.26 Å². The Kier molecular flexibility index (Phi) is 2.95. The summed E-state index contributed by atoms with van der Waals surface area (Å²) in [6, 6.07) is 10.5. The third-order valence-electron chi connectivity index (χ3n) is 3.07. The van der Waals surface area contributed by atoms with Gasteiger partial charge in [-0.3, -0.25) is 4.79 Å². The number of para-hydroxylation sites is 1. The quantitative estimate of drug-likeness (QED) is 0.746. The van der Waals surface area contributed by atoms with E-state index in [1.807, 2.05) is 0 Å². The van der Waals surface area contributed by atoms with Crippen molar-refractivity contribution in [2.24, 2.45) is 0 Å². The van der Waals surface area contributed by atoms with E-state index in [9.17, 15) is 13.6 Å². The lowest BCUT2D eigenvalue weighted by atomic mass is 10.1. The van der Waals surface area contributed by atoms with Crippen LogP contribution in [0.15, 0.2) is 41.2 Å². The molecule has 0 radical (unpaired) electrons. The summed E-state index contributed by atoms with van der Waals surface area (Å²) < 4.78 is 27.6. The molecule has 21 heavy (non-hydrogen) atoms. The van der Waals surface area contributed by atoms with Gasteiger partial charge in [0.15, 0.2) is 11.6 Å². The average Bonchev–Trinajstić information content (AvgIpc) is 2.50. The van der Waals surface area contributed by atoms with E-state index in [1.54, 1.807) is 30.3 Å². The second kappa shape index (κ2) is 4.80. The lowest BCUT2D eigenvalue weighted by molar-refractivity contribution is 0.508. The van der Waals surface area contributed by atoms with Crippen LogP contribution in [0.1, 0.15) is 5.56 Å². The third-order valence-corrected chi connectivity index (χ3v) is 3.07. The lowest BCUT2D eigenvalue weighted by Gasteiger charge is -2.05. The number of nitriles is 1. The number of hydrogen-bond acceptors (Lipinski definition) is 3. The van der Waals surface area contributed by atoms with Gasteiger partial charge in [-0.2, -0.15) is 5.26 Å². The van der Waals surface area contributed by atoms with Gasteiger partial charge in [-0.25, -0.2) is 13.8 Å². The van der Waals surface area contributed by atoms with Crippen LogP contribution in [0, 0.1) is 23.0 Å². The molecule has 3 rings (SSSR count). The van der Waals surface area contributed by atoms with Crippen molar-refractivity contribution in [2.75, 3.05) is 0 Å². The SMILES string of the molecule is N#Cc1ccc(-c2nc3ccccc3c(=O)[nH]2)c(F)c1F. The number of benzene rings is 2. The highest BCUT2D eigenvalue weighted by atomic mass is 19.2. The number of H-pyrrole nitrogens is 1. The maximum Gasteiger partial charge on any atom is 0.259 e. The predicted octanol–water partition coefficient (Wildman–Crippen LogP) is 2.74. The molecule has 0 amide bonds. The highest BCUT2D eigenvalue weighted by molar-refractivity contribution is 5.79. The van der Waals surface area contributed by atoms with Gasteiger partial charge in [-0.15, -0.1) is 0 Å². The van der Waals surface area contributed by atoms with E-state index in [4.69, 9.17) is 5.26 Å². The van der Waals surface area contributed by atoms with E-state index in [0.29, 0.717) is 10.9 Å². The number of nitrogens with one attached hydrogen (secondary N) is 1. The molecule has 0 spiro atoms. The minimum atomic E-state index is -1.26. The van der Waals surface area contributed by atoms with Gasteiger partial charge in [-0.05, 0) is 24.3 Å². The van der Waals surface area contributed by atoms with Crippen LogP contribution in [0.25, 0.3) is 22.3 Å². The summed E-state index contributed by atoms with van der Waals surface area (Å²) in [6.45, 7) is 0. The zero-order chi connectivity index (χ0) is 15.0. The normalized spacial score (nSPS) is 10.5. The maximum absolute atomic E-state index is 14.0. The second-order valence-electron chi connectivity index (χ2n) is 4.33. The lowest BCUT2D eigenvalue weighted by Crippen LogP contribution is -2.10. The van der Waals surface area contributed by atoms with Crippen LogP contribution >= 0.6 is 0 Å². The molecule has 6 heteroatoms. The van der Waals surface area contributed by atoms with Gasteiger partial charge in [0.2, 0.25) is 0 Å². The molecule has 0 fully saturated rings. The van der Waals surface area contributed by atoms with Crippen molar-refractivity contribution >= 4 is 10.9 Å². The van der Waals surface area contributed by atoms with E-state index < -0.39 is 22.8 Å². The summed E-state index contributed by atoms with van der Waals surface area (Å²) in [7, 11) is 0. The van der Waals surface area contributed by atoms with Crippen molar-refractivity contribution in [1.82, 2.24) is 9.97 Å². The largest absolute Gasteiger partial charge is 0.306 e. The summed E-state index contributed by atoms with van der Waals surface area (Å²) in [5, 5.41) is 9.02. The molecule has 0 aliphatic rings. The highest BCUT2D eigenvalue weighted by Gasteiger charge is 2.16. The number of rotatable bonds is 1. The number of nitrogens with zero attached hydrogens (tertiary/aromatic N) is 2. The fraction of sp³-hybridized carbons (Fsp3) is 0. The Morgan fingerprint density at radius 2 is 1.86 bits per heavy atom. The summed E-state index contributed by atoms with van der Waals surface area (Å²) in [5.74, 6) is -2.56. The first-order valence-electron chi connectivity index (χ1n) is 5.99. The van der Waals surface area contributed by atoms with Crippen molar-refractivity contribution in [3.63, 3.8) is 0 Å². The third kappa shape index (κ3) is 2.05. The monoisotopic (exact) mass is 283 g/mol. The molecule has 0 saturated heterocycles. The van der Waals surface area contributed by atoms with Crippen LogP contribution in [0.4, 0.5) is 8.78 Å². The first-order chi connectivity index (χ1) is 10.1. The topological polar surface area (TPSA) is 69.5 Å². The van der Waals surface area contributed by atoms with Crippen LogP contribution in [-0.2, 0) is 0 Å². The molecule has 0 saturated carbocycles. The molecule has 1 aromatic heterocycles. The van der Waals surface area contributed by atoms with Crippen molar-refractivity contribution < 1.29 is 8.78 Å². The Balaban J connectivity index is 2.29. The first kappa shape index (κ1) is 12.9. The summed E-state index contributed by atoms with van der Waals surface area (Å²) >= 11 is 0. The molecular formula is C15H7F2N3O. The van der Waals surface area contributed by atoms with E-state index in [0.717, 1.165) is 6.07 Å². The second-order valence-corrected chi connectivity index (χ2v) is 4.33. The Labute approximate surface area is 117 Å². The minimum Gasteiger partial charge on any atom is -0.306 e. The van der Waals surface area contributed by atoms with E-state index in [1.165, 1.54) is 6.07 Å². The predicted molar refractivity (Wildman–Crippen MR) is 72.4 cm³/mol. The van der Waals surface area contributed by atoms with Crippen molar-refractivity contribution in [2.45, 2.75) is 0 Å². The summed E-state index contributed by atoms with van der Waals surface area (Å²) in [6.07, 6.45) is 0. The smallest absolute Gasteiger partial charge is 0.259 e. The zero-order valence-corrected chi connectivity index (χ0v) is 10.5. The molecule has 1 heterocycles. The number of halogens is 2. The minimum absolute atomic E-state index is 0.0837. The van der Waals surface area contributed by atoms with Gasteiger partial charge in [0.1, 0.15) is 11.9 Å². The van der Waals surface area contributed by atoms with Crippen molar-refractivity contribution in [3.05, 3.63) is 63.9 Å². The van der Waals surface area contributed by atoms with Crippen LogP contribution in [0.3, 0.4) is 0 Å². The average molecular weight is 283 g/mol. The Morgan fingerprint density at radius 3 is 2.62 bits per heavy atom. The summed E-state index contributed by atoms with van der Waals surface area (Å²) in [4.78, 5) is 18.5. The van der Waals surface area contributed by atoms with Gasteiger partial charge in [-0.1, -0.05) is 12.1 Å². The molecule has 0 bridgehead atoms. The molecule has 1 N–H and O–H groups in total. The molecule has 0 aliphatic carbocycles. The molecule has 4 nitrogen and oxygen atoms in total. The van der Waals surface area contributed by atoms with Gasteiger partial charge >= 0.3 is 0 Å². The van der Waals surface area contributed by atoms with Crippen molar-refractivity contribution in [3.8, 4) is 17.5 Å². The molecule has 3 aromatic rings. The van der Waals surface area contributed by atoms with Gasteiger partial charge in [0.05, 0.1) is 22.0 Å². The van der Waals surface area contributed by atoms with Gasteiger partial charge < -0.3 is 4.98 Å². The molecule has 0 aliphatic heterocycles. The van der Waals surface area contributed by atoms with Crippen LogP contribution in [0.2, 0.25) is 0 Å². The zero-order valence-electron chi connectivity index (χ0n) is 10.5. The Morgan fingerprint density at radius 1 is 1.10 bits per heavy atom. The van der Waals surface area contributed by atoms with Crippen LogP contribution < -0.4 is 5.56 Å². The maximum atomic E-state index is 14.0. The molecule has 2 aromatic carbocycles. The number of hydrogen-bond donors (Lipinski definition) is 1. The fourth-order valence-corrected chi connectivity index (χ4v) is 2.03. The van der Waals surface area contributed by atoms with E-state index in [-0.39, 0.29) is 11.4 Å². The number of fused-ring (bicyclic) bond motifs is 1. The number of aromatic nitrogens is 2. The number of aromatic amines is 1. The molecule has 102 valence electrons. The first-order valence-corrected chi connectivity index (χ1v) is 5.99. The standard InChI is InChI=1S/C15H7F2N3O/c16-12-8(7-18)5-6-10(13(12)17)14-19-11-4-2-1-3-9(11)15(21)20-14/h1-6H,(H,19,20,21). The fourth-order valence-electron chi connectivity index (χ4n) is 2.03. The molecular weight excluding hydrogens is 276 g/mol. The van der Waals surface area contributed by atoms with E-state index >= 15 is 0 Å². The Bertz CT molecular complexity index is 957. The van der Waals surface area contributed by atoms with Crippen LogP contribution in [-0.4, -0.2) is 9.97 Å². The van der Waals surface area contributed by atoms with Crippen LogP contribution in [0.5, 0.6) is 0 Å². The van der Waals surface area contributed by atoms with Gasteiger partial charge in [0, 0.05) is 0 Å². The van der Waals surface area contributed by atoms with E-state index in [2.05, 4.69) is 9.97 Å². The van der Waals surface area contributed by atoms with Gasteiger partial charge in [0.25, 0.3) is 5.56 Å².